The fraction of sp³-hybridized carbons (Fsp3) is 0.600. The molecule has 1 rings (SSSR count). The van der Waals surface area contributed by atoms with Crippen molar-refractivity contribution in [1.82, 2.24) is 5.32 Å². The summed E-state index contributed by atoms with van der Waals surface area (Å²) < 4.78 is 5.41. The summed E-state index contributed by atoms with van der Waals surface area (Å²) in [6.45, 7) is 9.20. The van der Waals surface area contributed by atoms with Gasteiger partial charge in [-0.05, 0) is 44.9 Å². The average molecular weight is 251 g/mol. The normalized spacial score (nSPS) is 16.1. The van der Waals surface area contributed by atoms with Gasteiger partial charge in [-0.2, -0.15) is 0 Å². The maximum Gasteiger partial charge on any atom is 0.119 e. The molecule has 3 nitrogen and oxygen atoms in total. The molecule has 0 spiro atoms. The minimum absolute atomic E-state index is 0.221. The van der Waals surface area contributed by atoms with E-state index >= 15 is 0 Å². The van der Waals surface area contributed by atoms with Crippen LogP contribution in [0.4, 0.5) is 0 Å². The third-order valence-corrected chi connectivity index (χ3v) is 3.24. The molecule has 0 aliphatic heterocycles. The Morgan fingerprint density at radius 3 is 2.39 bits per heavy atom. The van der Waals surface area contributed by atoms with E-state index in [0.717, 1.165) is 12.2 Å². The first-order valence-corrected chi connectivity index (χ1v) is 6.67. The highest BCUT2D eigenvalue weighted by Crippen LogP contribution is 2.18. The van der Waals surface area contributed by atoms with Crippen LogP contribution in [0.1, 0.15) is 45.7 Å². The molecule has 0 aliphatic rings. The van der Waals surface area contributed by atoms with Gasteiger partial charge in [-0.15, -0.1) is 0 Å². The molecule has 0 heterocycles. The van der Waals surface area contributed by atoms with Gasteiger partial charge in [0.05, 0.1) is 12.2 Å². The van der Waals surface area contributed by atoms with Gasteiger partial charge in [0.2, 0.25) is 0 Å². The second kappa shape index (κ2) is 6.76. The zero-order chi connectivity index (χ0) is 13.6. The van der Waals surface area contributed by atoms with Crippen molar-refractivity contribution >= 4 is 0 Å². The maximum absolute atomic E-state index is 9.95. The average Bonchev–Trinajstić information content (AvgIpc) is 2.37. The van der Waals surface area contributed by atoms with E-state index in [-0.39, 0.29) is 6.04 Å². The van der Waals surface area contributed by atoms with Crippen molar-refractivity contribution < 1.29 is 9.84 Å². The van der Waals surface area contributed by atoms with Gasteiger partial charge in [-0.25, -0.2) is 0 Å². The maximum atomic E-state index is 9.95. The predicted molar refractivity (Wildman–Crippen MR) is 74.9 cm³/mol. The number of hydrogen-bond acceptors (Lipinski definition) is 3. The van der Waals surface area contributed by atoms with Crippen LogP contribution in [0.5, 0.6) is 5.75 Å². The summed E-state index contributed by atoms with van der Waals surface area (Å²) in [6.07, 6.45) is 0.746. The number of ether oxygens (including phenoxy) is 1. The Balaban J connectivity index is 2.53. The first kappa shape index (κ1) is 15.0. The van der Waals surface area contributed by atoms with Gasteiger partial charge in [0.1, 0.15) is 5.75 Å². The smallest absolute Gasteiger partial charge is 0.119 e. The van der Waals surface area contributed by atoms with E-state index < -0.39 is 5.60 Å². The summed E-state index contributed by atoms with van der Waals surface area (Å²) >= 11 is 0. The van der Waals surface area contributed by atoms with Crippen LogP contribution in [0.3, 0.4) is 0 Å². The van der Waals surface area contributed by atoms with Crippen molar-refractivity contribution in [3.05, 3.63) is 29.8 Å². The summed E-state index contributed by atoms with van der Waals surface area (Å²) in [5, 5.41) is 13.3. The van der Waals surface area contributed by atoms with Crippen molar-refractivity contribution in [2.24, 2.45) is 0 Å². The van der Waals surface area contributed by atoms with Gasteiger partial charge in [-0.1, -0.05) is 19.1 Å². The molecule has 2 N–H and O–H groups in total. The third-order valence-electron chi connectivity index (χ3n) is 3.24. The van der Waals surface area contributed by atoms with Crippen LogP contribution in [-0.2, 0) is 0 Å². The van der Waals surface area contributed by atoms with E-state index in [0.29, 0.717) is 13.2 Å². The van der Waals surface area contributed by atoms with Crippen LogP contribution in [0.15, 0.2) is 24.3 Å². The van der Waals surface area contributed by atoms with Crippen molar-refractivity contribution in [3.63, 3.8) is 0 Å². The molecule has 3 heteroatoms. The molecule has 102 valence electrons. The minimum atomic E-state index is -0.639. The highest BCUT2D eigenvalue weighted by molar-refractivity contribution is 5.28. The summed E-state index contributed by atoms with van der Waals surface area (Å²) in [4.78, 5) is 0. The molecule has 1 aromatic rings. The molecule has 0 saturated carbocycles. The lowest BCUT2D eigenvalue weighted by Crippen LogP contribution is -2.38. The standard InChI is InChI=1S/C15H25NO2/c1-5-15(4,17)11-16-12(3)13-7-9-14(10-8-13)18-6-2/h7-10,12,16-17H,5-6,11H2,1-4H3. The van der Waals surface area contributed by atoms with E-state index in [1.54, 1.807) is 0 Å². The molecule has 0 aliphatic carbocycles. The molecule has 0 amide bonds. The lowest BCUT2D eigenvalue weighted by Gasteiger charge is -2.24. The zero-order valence-electron chi connectivity index (χ0n) is 11.9. The van der Waals surface area contributed by atoms with Crippen molar-refractivity contribution in [1.29, 1.82) is 0 Å². The van der Waals surface area contributed by atoms with Gasteiger partial charge in [-0.3, -0.25) is 0 Å². The van der Waals surface area contributed by atoms with Crippen LogP contribution in [0.25, 0.3) is 0 Å². The zero-order valence-corrected chi connectivity index (χ0v) is 11.9. The predicted octanol–water partition coefficient (Wildman–Crippen LogP) is 2.90. The van der Waals surface area contributed by atoms with Crippen molar-refractivity contribution in [2.75, 3.05) is 13.2 Å². The quantitative estimate of drug-likeness (QED) is 0.783. The summed E-state index contributed by atoms with van der Waals surface area (Å²) in [5.74, 6) is 0.897. The van der Waals surface area contributed by atoms with Crippen LogP contribution >= 0.6 is 0 Å². The van der Waals surface area contributed by atoms with Gasteiger partial charge in [0.25, 0.3) is 0 Å². The molecule has 18 heavy (non-hydrogen) atoms. The molecule has 2 atom stereocenters. The molecule has 0 aromatic heterocycles. The number of benzene rings is 1. The second-order valence-electron chi connectivity index (χ2n) is 4.96. The number of hydrogen-bond donors (Lipinski definition) is 2. The SMILES string of the molecule is CCOc1ccc(C(C)NCC(C)(O)CC)cc1. The Morgan fingerprint density at radius 1 is 1.28 bits per heavy atom. The van der Waals surface area contributed by atoms with Crippen LogP contribution in [-0.4, -0.2) is 23.9 Å². The highest BCUT2D eigenvalue weighted by atomic mass is 16.5. The first-order chi connectivity index (χ1) is 8.48. The Hall–Kier alpha value is -1.06. The first-order valence-electron chi connectivity index (χ1n) is 6.67. The molecule has 0 bridgehead atoms. The Labute approximate surface area is 110 Å². The molecule has 2 unspecified atom stereocenters. The fourth-order valence-corrected chi connectivity index (χ4v) is 1.64. The lowest BCUT2D eigenvalue weighted by molar-refractivity contribution is 0.0533. The highest BCUT2D eigenvalue weighted by Gasteiger charge is 2.18. The van der Waals surface area contributed by atoms with E-state index in [2.05, 4.69) is 24.4 Å². The third kappa shape index (κ3) is 4.67. The summed E-state index contributed by atoms with van der Waals surface area (Å²) in [7, 11) is 0. The Bertz CT molecular complexity index is 346. The molecular weight excluding hydrogens is 226 g/mol. The molecule has 0 radical (unpaired) electrons. The summed E-state index contributed by atoms with van der Waals surface area (Å²) in [5.41, 5.74) is 0.560. The van der Waals surface area contributed by atoms with Crippen molar-refractivity contribution in [2.45, 2.75) is 45.8 Å². The molecule has 0 saturated heterocycles. The number of aliphatic hydroxyl groups is 1. The van der Waals surface area contributed by atoms with E-state index in [4.69, 9.17) is 4.74 Å². The fourth-order valence-electron chi connectivity index (χ4n) is 1.64. The van der Waals surface area contributed by atoms with Gasteiger partial charge in [0.15, 0.2) is 0 Å². The van der Waals surface area contributed by atoms with E-state index in [1.165, 1.54) is 5.56 Å². The Morgan fingerprint density at radius 2 is 1.89 bits per heavy atom. The monoisotopic (exact) mass is 251 g/mol. The number of nitrogens with one attached hydrogen (secondary N) is 1. The van der Waals surface area contributed by atoms with Gasteiger partial charge in [0, 0.05) is 12.6 Å². The number of rotatable bonds is 7. The summed E-state index contributed by atoms with van der Waals surface area (Å²) in [6, 6.07) is 8.30. The second-order valence-corrected chi connectivity index (χ2v) is 4.96. The topological polar surface area (TPSA) is 41.5 Å². The molecule has 1 aromatic carbocycles. The van der Waals surface area contributed by atoms with Crippen LogP contribution in [0.2, 0.25) is 0 Å². The van der Waals surface area contributed by atoms with Crippen LogP contribution in [0, 0.1) is 0 Å². The van der Waals surface area contributed by atoms with Gasteiger partial charge < -0.3 is 15.2 Å². The Kier molecular flexibility index (Phi) is 5.63. The van der Waals surface area contributed by atoms with Crippen LogP contribution < -0.4 is 10.1 Å². The minimum Gasteiger partial charge on any atom is -0.494 e. The van der Waals surface area contributed by atoms with Crippen molar-refractivity contribution in [3.8, 4) is 5.75 Å². The van der Waals surface area contributed by atoms with E-state index in [1.807, 2.05) is 32.9 Å². The van der Waals surface area contributed by atoms with E-state index in [9.17, 15) is 5.11 Å². The molecule has 0 fully saturated rings. The molecular formula is C15H25NO2. The van der Waals surface area contributed by atoms with Gasteiger partial charge >= 0.3 is 0 Å². The largest absolute Gasteiger partial charge is 0.494 e. The lowest BCUT2D eigenvalue weighted by atomic mass is 10.0.